The quantitative estimate of drug-likeness (QED) is 0.701. The van der Waals surface area contributed by atoms with Crippen LogP contribution in [-0.2, 0) is 0 Å². The fourth-order valence-corrected chi connectivity index (χ4v) is 2.59. The molecule has 0 aliphatic rings. The van der Waals surface area contributed by atoms with Crippen molar-refractivity contribution in [2.24, 2.45) is 0 Å². The van der Waals surface area contributed by atoms with Gasteiger partial charge in [-0.2, -0.15) is 0 Å². The highest BCUT2D eigenvalue weighted by Crippen LogP contribution is 2.22. The monoisotopic (exact) mass is 360 g/mol. The summed E-state index contributed by atoms with van der Waals surface area (Å²) in [5.74, 6) is 0. The zero-order valence-electron chi connectivity index (χ0n) is 11.2. The molecule has 0 fully saturated rings. The molecule has 2 aromatic carbocycles. The van der Waals surface area contributed by atoms with E-state index >= 15 is 0 Å². The minimum Gasteiger partial charge on any atom is -0.733 e. The standard InChI is InChI=1S/C15H11BrN3O3/c16-12-3-1-2-4-14(12)18-15(20)9-13(17-18)10-5-7-11(8-6-10)19(21)22/h1-9,17,21H/q-1. The van der Waals surface area contributed by atoms with E-state index in [9.17, 15) is 10.0 Å². The Morgan fingerprint density at radius 3 is 2.45 bits per heavy atom. The molecule has 7 heteroatoms. The number of aromatic nitrogens is 2. The third-order valence-corrected chi connectivity index (χ3v) is 3.88. The Morgan fingerprint density at radius 1 is 1.14 bits per heavy atom. The fraction of sp³-hybridized carbons (Fsp3) is 0. The van der Waals surface area contributed by atoms with Crippen molar-refractivity contribution in [2.45, 2.75) is 0 Å². The van der Waals surface area contributed by atoms with Crippen LogP contribution in [0.3, 0.4) is 0 Å². The van der Waals surface area contributed by atoms with Gasteiger partial charge in [-0.15, -0.1) is 0 Å². The zero-order valence-corrected chi connectivity index (χ0v) is 12.8. The van der Waals surface area contributed by atoms with Gasteiger partial charge in [0.25, 0.3) is 5.56 Å². The van der Waals surface area contributed by atoms with Gasteiger partial charge in [0.05, 0.1) is 17.1 Å². The summed E-state index contributed by atoms with van der Waals surface area (Å²) in [6.45, 7) is 0. The molecule has 0 spiro atoms. The second-order valence-corrected chi connectivity index (χ2v) is 5.47. The molecule has 0 aliphatic carbocycles. The van der Waals surface area contributed by atoms with Crippen LogP contribution >= 0.6 is 15.9 Å². The average Bonchev–Trinajstić information content (AvgIpc) is 2.90. The van der Waals surface area contributed by atoms with Crippen molar-refractivity contribution in [2.75, 3.05) is 5.23 Å². The van der Waals surface area contributed by atoms with E-state index < -0.39 is 0 Å². The first-order valence-electron chi connectivity index (χ1n) is 6.40. The summed E-state index contributed by atoms with van der Waals surface area (Å²) < 4.78 is 2.22. The van der Waals surface area contributed by atoms with Gasteiger partial charge in [0.1, 0.15) is 0 Å². The summed E-state index contributed by atoms with van der Waals surface area (Å²) in [4.78, 5) is 12.2. The largest absolute Gasteiger partial charge is 0.733 e. The topological polar surface area (TPSA) is 84.3 Å². The number of nitrogens with zero attached hydrogens (tertiary/aromatic N) is 2. The first kappa shape index (κ1) is 14.6. The number of para-hydroxylation sites is 1. The van der Waals surface area contributed by atoms with E-state index in [1.165, 1.54) is 22.9 Å². The van der Waals surface area contributed by atoms with Crippen molar-refractivity contribution in [3.05, 3.63) is 74.6 Å². The van der Waals surface area contributed by atoms with E-state index in [1.807, 2.05) is 24.3 Å². The highest BCUT2D eigenvalue weighted by atomic mass is 79.9. The number of halogens is 1. The Bertz CT molecular complexity index is 853. The van der Waals surface area contributed by atoms with Gasteiger partial charge in [-0.25, -0.2) is 4.68 Å². The maximum atomic E-state index is 12.2. The Labute approximate surface area is 133 Å². The van der Waals surface area contributed by atoms with Gasteiger partial charge < -0.3 is 10.4 Å². The number of rotatable bonds is 3. The van der Waals surface area contributed by atoms with Crippen LogP contribution in [0.2, 0.25) is 0 Å². The molecule has 1 aromatic heterocycles. The number of hydrogen-bond donors (Lipinski definition) is 2. The lowest BCUT2D eigenvalue weighted by molar-refractivity contribution is 0.296. The molecule has 1 heterocycles. The Morgan fingerprint density at radius 2 is 1.82 bits per heavy atom. The molecule has 3 aromatic rings. The van der Waals surface area contributed by atoms with Gasteiger partial charge in [0.2, 0.25) is 0 Å². The lowest BCUT2D eigenvalue weighted by Crippen LogP contribution is -2.13. The third-order valence-electron chi connectivity index (χ3n) is 3.21. The minimum absolute atomic E-state index is 0.122. The molecule has 0 aliphatic heterocycles. The SMILES string of the molecule is O=c1cc(-c2ccc(N([O-])O)cc2)[nH]n1-c1ccccc1Br. The van der Waals surface area contributed by atoms with E-state index in [4.69, 9.17) is 5.21 Å². The summed E-state index contributed by atoms with van der Waals surface area (Å²) in [7, 11) is 0. The number of hydrogen-bond acceptors (Lipinski definition) is 4. The van der Waals surface area contributed by atoms with Gasteiger partial charge in [0.15, 0.2) is 0 Å². The Kier molecular flexibility index (Phi) is 3.84. The van der Waals surface area contributed by atoms with E-state index in [-0.39, 0.29) is 16.5 Å². The van der Waals surface area contributed by atoms with Crippen LogP contribution in [0.5, 0.6) is 0 Å². The molecule has 0 atom stereocenters. The molecule has 0 bridgehead atoms. The number of aromatic amines is 1. The van der Waals surface area contributed by atoms with Crippen molar-refractivity contribution < 1.29 is 5.21 Å². The first-order chi connectivity index (χ1) is 10.6. The maximum Gasteiger partial charge on any atom is 0.271 e. The molecular weight excluding hydrogens is 350 g/mol. The highest BCUT2D eigenvalue weighted by molar-refractivity contribution is 9.10. The highest BCUT2D eigenvalue weighted by Gasteiger charge is 2.09. The molecule has 0 radical (unpaired) electrons. The minimum atomic E-state index is -0.210. The first-order valence-corrected chi connectivity index (χ1v) is 7.19. The molecule has 2 N–H and O–H groups in total. The predicted octanol–water partition coefficient (Wildman–Crippen LogP) is 3.29. The third kappa shape index (κ3) is 2.69. The van der Waals surface area contributed by atoms with Gasteiger partial charge in [-0.1, -0.05) is 24.3 Å². The van der Waals surface area contributed by atoms with Crippen LogP contribution in [0.1, 0.15) is 0 Å². The smallest absolute Gasteiger partial charge is 0.271 e. The van der Waals surface area contributed by atoms with Crippen LogP contribution in [0.25, 0.3) is 16.9 Å². The number of benzene rings is 2. The van der Waals surface area contributed by atoms with Crippen molar-refractivity contribution in [3.8, 4) is 16.9 Å². The molecule has 3 rings (SSSR count). The van der Waals surface area contributed by atoms with Crippen LogP contribution in [0.4, 0.5) is 5.69 Å². The summed E-state index contributed by atoms with van der Waals surface area (Å²) in [6, 6.07) is 15.1. The van der Waals surface area contributed by atoms with Crippen molar-refractivity contribution in [1.82, 2.24) is 9.78 Å². The summed E-state index contributed by atoms with van der Waals surface area (Å²) >= 11 is 3.41. The molecule has 6 nitrogen and oxygen atoms in total. The van der Waals surface area contributed by atoms with Crippen molar-refractivity contribution in [3.63, 3.8) is 0 Å². The van der Waals surface area contributed by atoms with Gasteiger partial charge in [0, 0.05) is 10.5 Å². The Balaban J connectivity index is 2.02. The van der Waals surface area contributed by atoms with Crippen LogP contribution < -0.4 is 10.8 Å². The van der Waals surface area contributed by atoms with Gasteiger partial charge in [-0.3, -0.25) is 15.1 Å². The maximum absolute atomic E-state index is 12.2. The van der Waals surface area contributed by atoms with Crippen LogP contribution in [0.15, 0.2) is 63.9 Å². The summed E-state index contributed by atoms with van der Waals surface area (Å²) in [5, 5.41) is 22.4. The van der Waals surface area contributed by atoms with E-state index in [2.05, 4.69) is 21.0 Å². The van der Waals surface area contributed by atoms with E-state index in [1.54, 1.807) is 12.1 Å². The molecular formula is C15H11BrN3O3-. The van der Waals surface area contributed by atoms with Crippen LogP contribution in [0, 0.1) is 5.21 Å². The molecule has 0 unspecified atom stereocenters. The fourth-order valence-electron chi connectivity index (χ4n) is 2.12. The lowest BCUT2D eigenvalue weighted by Gasteiger charge is -2.21. The second-order valence-electron chi connectivity index (χ2n) is 4.61. The van der Waals surface area contributed by atoms with Crippen LogP contribution in [-0.4, -0.2) is 15.0 Å². The summed E-state index contributed by atoms with van der Waals surface area (Å²) in [6.07, 6.45) is 0. The molecule has 22 heavy (non-hydrogen) atoms. The molecule has 112 valence electrons. The average molecular weight is 361 g/mol. The van der Waals surface area contributed by atoms with E-state index in [0.29, 0.717) is 11.4 Å². The van der Waals surface area contributed by atoms with Crippen molar-refractivity contribution >= 4 is 21.6 Å². The molecule has 0 amide bonds. The number of anilines is 1. The molecule has 0 saturated carbocycles. The number of H-pyrrole nitrogens is 1. The number of nitrogens with one attached hydrogen (secondary N) is 1. The van der Waals surface area contributed by atoms with Crippen molar-refractivity contribution in [1.29, 1.82) is 0 Å². The zero-order chi connectivity index (χ0) is 15.7. The lowest BCUT2D eigenvalue weighted by atomic mass is 10.1. The predicted molar refractivity (Wildman–Crippen MR) is 87.2 cm³/mol. The van der Waals surface area contributed by atoms with Gasteiger partial charge in [-0.05, 0) is 45.8 Å². The summed E-state index contributed by atoms with van der Waals surface area (Å²) in [5.41, 5.74) is 1.97. The van der Waals surface area contributed by atoms with Gasteiger partial charge >= 0.3 is 0 Å². The second kappa shape index (κ2) is 5.80. The normalized spacial score (nSPS) is 10.7. The Hall–Kier alpha value is -2.35. The van der Waals surface area contributed by atoms with E-state index in [0.717, 1.165) is 10.0 Å². The molecule has 0 saturated heterocycles.